The zero-order valence-corrected chi connectivity index (χ0v) is 12.7. The van der Waals surface area contributed by atoms with Crippen LogP contribution in [0.5, 0.6) is 0 Å². The highest BCUT2D eigenvalue weighted by atomic mass is 32.2. The van der Waals surface area contributed by atoms with Crippen molar-refractivity contribution in [2.24, 2.45) is 0 Å². The molecule has 1 aliphatic rings. The van der Waals surface area contributed by atoms with Crippen LogP contribution in [0.2, 0.25) is 0 Å². The average Bonchev–Trinajstić information content (AvgIpc) is 3.06. The van der Waals surface area contributed by atoms with Gasteiger partial charge < -0.3 is 0 Å². The van der Waals surface area contributed by atoms with Crippen LogP contribution in [0.25, 0.3) is 0 Å². The first-order valence-electron chi connectivity index (χ1n) is 6.58. The normalized spacial score (nSPS) is 12.7. The van der Waals surface area contributed by atoms with Crippen LogP contribution >= 0.6 is 23.1 Å². The molecule has 3 aromatic rings. The summed E-state index contributed by atoms with van der Waals surface area (Å²) in [5.74, 6) is 0.0326. The summed E-state index contributed by atoms with van der Waals surface area (Å²) in [7, 11) is 0. The first-order chi connectivity index (χ1) is 10.3. The van der Waals surface area contributed by atoms with Gasteiger partial charge in [0.25, 0.3) is 5.91 Å². The summed E-state index contributed by atoms with van der Waals surface area (Å²) < 4.78 is 0. The Bertz CT molecular complexity index is 766. The lowest BCUT2D eigenvalue weighted by Gasteiger charge is -2.30. The van der Waals surface area contributed by atoms with E-state index in [1.807, 2.05) is 58.8 Å². The quantitative estimate of drug-likeness (QED) is 0.616. The van der Waals surface area contributed by atoms with Gasteiger partial charge in [0.2, 0.25) is 0 Å². The molecule has 102 valence electrons. The number of hydrogen-bond donors (Lipinski definition) is 0. The minimum Gasteiger partial charge on any atom is -0.274 e. The average molecular weight is 309 g/mol. The lowest BCUT2D eigenvalue weighted by atomic mass is 10.2. The molecule has 21 heavy (non-hydrogen) atoms. The van der Waals surface area contributed by atoms with Crippen LogP contribution in [0.15, 0.2) is 75.8 Å². The highest BCUT2D eigenvalue weighted by molar-refractivity contribution is 7.99. The number of hydrogen-bond acceptors (Lipinski definition) is 3. The van der Waals surface area contributed by atoms with E-state index in [1.165, 1.54) is 11.3 Å². The molecule has 0 saturated carbocycles. The van der Waals surface area contributed by atoms with Crippen molar-refractivity contribution in [3.05, 3.63) is 70.9 Å². The van der Waals surface area contributed by atoms with Crippen LogP contribution < -0.4 is 4.90 Å². The van der Waals surface area contributed by atoms with E-state index in [9.17, 15) is 4.79 Å². The standard InChI is InChI=1S/C17H11NOS2/c19-17(16-10-5-11-20-16)18-12-6-1-3-8-14(12)21-15-9-4-2-7-13(15)18/h1-11H. The van der Waals surface area contributed by atoms with Gasteiger partial charge in [-0.3, -0.25) is 9.69 Å². The molecule has 0 atom stereocenters. The SMILES string of the molecule is O=C(c1cccs1)N1c2ccccc2Sc2ccccc21. The van der Waals surface area contributed by atoms with Crippen LogP contribution in [0.3, 0.4) is 0 Å². The van der Waals surface area contributed by atoms with Crippen molar-refractivity contribution in [3.63, 3.8) is 0 Å². The Labute approximate surface area is 131 Å². The Hall–Kier alpha value is -2.04. The molecule has 0 unspecified atom stereocenters. The molecule has 4 heteroatoms. The molecule has 0 spiro atoms. The second-order valence-corrected chi connectivity index (χ2v) is 6.69. The predicted octanol–water partition coefficient (Wildman–Crippen LogP) is 5.19. The molecule has 1 amide bonds. The largest absolute Gasteiger partial charge is 0.274 e. The number of benzene rings is 2. The first-order valence-corrected chi connectivity index (χ1v) is 8.28. The maximum absolute atomic E-state index is 12.9. The summed E-state index contributed by atoms with van der Waals surface area (Å²) in [6, 6.07) is 19.9. The van der Waals surface area contributed by atoms with E-state index in [0.29, 0.717) is 0 Å². The fourth-order valence-corrected chi connectivity index (χ4v) is 4.14. The van der Waals surface area contributed by atoms with Gasteiger partial charge in [0.05, 0.1) is 16.3 Å². The summed E-state index contributed by atoms with van der Waals surface area (Å²) >= 11 is 3.19. The van der Waals surface area contributed by atoms with E-state index >= 15 is 0 Å². The molecule has 0 radical (unpaired) electrons. The second kappa shape index (κ2) is 5.06. The molecule has 4 rings (SSSR count). The molecule has 0 saturated heterocycles. The minimum absolute atomic E-state index is 0.0326. The summed E-state index contributed by atoms with van der Waals surface area (Å²) in [4.78, 5) is 17.7. The van der Waals surface area contributed by atoms with Crippen LogP contribution in [-0.2, 0) is 0 Å². The lowest BCUT2D eigenvalue weighted by Crippen LogP contribution is -2.27. The molecule has 1 aromatic heterocycles. The van der Waals surface area contributed by atoms with Crippen molar-refractivity contribution in [3.8, 4) is 0 Å². The fourth-order valence-electron chi connectivity index (χ4n) is 2.43. The topological polar surface area (TPSA) is 20.3 Å². The van der Waals surface area contributed by atoms with E-state index in [4.69, 9.17) is 0 Å². The number of thiophene rings is 1. The maximum Gasteiger partial charge on any atom is 0.272 e. The number of carbonyl (C=O) groups excluding carboxylic acids is 1. The van der Waals surface area contributed by atoms with Gasteiger partial charge in [-0.1, -0.05) is 42.1 Å². The first kappa shape index (κ1) is 12.7. The van der Waals surface area contributed by atoms with Crippen molar-refractivity contribution >= 4 is 40.4 Å². The van der Waals surface area contributed by atoms with Crippen molar-refractivity contribution in [1.82, 2.24) is 0 Å². The highest BCUT2D eigenvalue weighted by Crippen LogP contribution is 2.48. The van der Waals surface area contributed by atoms with Gasteiger partial charge in [-0.2, -0.15) is 0 Å². The van der Waals surface area contributed by atoms with E-state index < -0.39 is 0 Å². The van der Waals surface area contributed by atoms with E-state index in [1.54, 1.807) is 11.8 Å². The smallest absolute Gasteiger partial charge is 0.272 e. The Morgan fingerprint density at radius 3 is 2.00 bits per heavy atom. The third-order valence-electron chi connectivity index (χ3n) is 3.37. The van der Waals surface area contributed by atoms with E-state index in [0.717, 1.165) is 26.0 Å². The Morgan fingerprint density at radius 1 is 0.810 bits per heavy atom. The zero-order chi connectivity index (χ0) is 14.2. The Kier molecular flexibility index (Phi) is 3.05. The summed E-state index contributed by atoms with van der Waals surface area (Å²) in [6.45, 7) is 0. The van der Waals surface area contributed by atoms with Gasteiger partial charge in [-0.05, 0) is 35.7 Å². The molecule has 0 N–H and O–H groups in total. The van der Waals surface area contributed by atoms with Gasteiger partial charge in [0.1, 0.15) is 0 Å². The Morgan fingerprint density at radius 2 is 1.43 bits per heavy atom. The van der Waals surface area contributed by atoms with Crippen LogP contribution in [0, 0.1) is 0 Å². The minimum atomic E-state index is 0.0326. The summed E-state index contributed by atoms with van der Waals surface area (Å²) in [5.41, 5.74) is 1.92. The van der Waals surface area contributed by atoms with Gasteiger partial charge in [0, 0.05) is 9.79 Å². The molecule has 2 heterocycles. The third-order valence-corrected chi connectivity index (χ3v) is 5.36. The third kappa shape index (κ3) is 2.07. The van der Waals surface area contributed by atoms with Gasteiger partial charge in [0.15, 0.2) is 0 Å². The fraction of sp³-hybridized carbons (Fsp3) is 0. The van der Waals surface area contributed by atoms with Crippen molar-refractivity contribution in [2.45, 2.75) is 9.79 Å². The molecular formula is C17H11NOS2. The predicted molar refractivity (Wildman–Crippen MR) is 87.8 cm³/mol. The summed E-state index contributed by atoms with van der Waals surface area (Å²) in [6.07, 6.45) is 0. The van der Waals surface area contributed by atoms with Crippen molar-refractivity contribution < 1.29 is 4.79 Å². The molecule has 0 bridgehead atoms. The number of para-hydroxylation sites is 2. The number of fused-ring (bicyclic) bond motifs is 2. The van der Waals surface area contributed by atoms with Crippen LogP contribution in [0.4, 0.5) is 11.4 Å². The molecular weight excluding hydrogens is 298 g/mol. The van der Waals surface area contributed by atoms with Gasteiger partial charge in [-0.25, -0.2) is 0 Å². The number of carbonyl (C=O) groups is 1. The van der Waals surface area contributed by atoms with Crippen molar-refractivity contribution in [2.75, 3.05) is 4.90 Å². The van der Waals surface area contributed by atoms with Crippen molar-refractivity contribution in [1.29, 1.82) is 0 Å². The summed E-state index contributed by atoms with van der Waals surface area (Å²) in [5, 5.41) is 1.93. The zero-order valence-electron chi connectivity index (χ0n) is 11.0. The van der Waals surface area contributed by atoms with Crippen LogP contribution in [0.1, 0.15) is 9.67 Å². The Balaban J connectivity index is 1.91. The molecule has 2 aromatic carbocycles. The maximum atomic E-state index is 12.9. The van der Waals surface area contributed by atoms with Crippen LogP contribution in [-0.4, -0.2) is 5.91 Å². The monoisotopic (exact) mass is 309 g/mol. The van der Waals surface area contributed by atoms with Gasteiger partial charge in [-0.15, -0.1) is 11.3 Å². The van der Waals surface area contributed by atoms with E-state index in [2.05, 4.69) is 12.1 Å². The molecule has 2 nitrogen and oxygen atoms in total. The number of amides is 1. The second-order valence-electron chi connectivity index (χ2n) is 4.66. The molecule has 0 aliphatic carbocycles. The number of nitrogens with zero attached hydrogens (tertiary/aromatic N) is 1. The highest BCUT2D eigenvalue weighted by Gasteiger charge is 2.28. The molecule has 0 fully saturated rings. The molecule has 1 aliphatic heterocycles. The number of anilines is 2. The van der Waals surface area contributed by atoms with E-state index in [-0.39, 0.29) is 5.91 Å². The van der Waals surface area contributed by atoms with Gasteiger partial charge >= 0.3 is 0 Å². The lowest BCUT2D eigenvalue weighted by molar-refractivity contribution is 0.100. The number of rotatable bonds is 1.